The summed E-state index contributed by atoms with van der Waals surface area (Å²) >= 11 is 5.96. The molecule has 0 aliphatic rings. The lowest BCUT2D eigenvalue weighted by Gasteiger charge is -2.00. The summed E-state index contributed by atoms with van der Waals surface area (Å²) in [5, 5.41) is 8.50. The lowest BCUT2D eigenvalue weighted by molar-refractivity contribution is 0.0691. The molecule has 1 rings (SSSR count). The van der Waals surface area contributed by atoms with E-state index in [9.17, 15) is 9.18 Å². The van der Waals surface area contributed by atoms with E-state index in [4.69, 9.17) is 5.11 Å². The Morgan fingerprint density at radius 3 is 2.50 bits per heavy atom. The highest BCUT2D eigenvalue weighted by Gasteiger charge is 2.14. The molecule has 0 saturated heterocycles. The van der Waals surface area contributed by atoms with Crippen molar-refractivity contribution in [2.45, 2.75) is 0 Å². The average Bonchev–Trinajstić information content (AvgIpc) is 2.00. The fourth-order valence-corrected chi connectivity index (χ4v) is 1.34. The molecule has 0 fully saturated rings. The number of carboxylic acids is 1. The van der Waals surface area contributed by atoms with Crippen LogP contribution in [0.1, 0.15) is 10.4 Å². The van der Waals surface area contributed by atoms with Gasteiger partial charge in [0, 0.05) is 4.47 Å². The Balaban J connectivity index is 3.36. The third-order valence-corrected chi connectivity index (χ3v) is 3.23. The minimum Gasteiger partial charge on any atom is -0.478 e. The van der Waals surface area contributed by atoms with E-state index in [1.165, 1.54) is 12.1 Å². The number of hydrogen-bond donors (Lipinski definition) is 1. The van der Waals surface area contributed by atoms with Gasteiger partial charge in [-0.3, -0.25) is 0 Å². The van der Waals surface area contributed by atoms with Crippen molar-refractivity contribution in [3.05, 3.63) is 32.5 Å². The summed E-state index contributed by atoms with van der Waals surface area (Å²) in [7, 11) is 0. The van der Waals surface area contributed by atoms with Gasteiger partial charge < -0.3 is 5.11 Å². The molecule has 2 nitrogen and oxygen atoms in total. The van der Waals surface area contributed by atoms with Crippen molar-refractivity contribution in [2.24, 2.45) is 0 Å². The first-order valence-corrected chi connectivity index (χ1v) is 4.49. The van der Waals surface area contributed by atoms with Crippen LogP contribution in [-0.4, -0.2) is 11.1 Å². The van der Waals surface area contributed by atoms with Crippen LogP contribution in [0.4, 0.5) is 4.39 Å². The van der Waals surface area contributed by atoms with Crippen LogP contribution in [0, 0.1) is 5.82 Å². The standard InChI is InChI=1S/C7H3Br2FO2/c8-4-2-1-3(7(11)12)6(10)5(4)9/h1-2H,(H,11,12). The molecule has 1 aromatic carbocycles. The lowest BCUT2D eigenvalue weighted by Crippen LogP contribution is -2.00. The zero-order valence-corrected chi connectivity index (χ0v) is 8.82. The zero-order chi connectivity index (χ0) is 9.30. The molecule has 0 saturated carbocycles. The molecule has 0 heterocycles. The van der Waals surface area contributed by atoms with Gasteiger partial charge in [-0.15, -0.1) is 0 Å². The van der Waals surface area contributed by atoms with Crippen LogP contribution in [0.25, 0.3) is 0 Å². The fourth-order valence-electron chi connectivity index (χ4n) is 0.691. The van der Waals surface area contributed by atoms with Crippen molar-refractivity contribution in [3.63, 3.8) is 0 Å². The van der Waals surface area contributed by atoms with Crippen LogP contribution in [0.5, 0.6) is 0 Å². The van der Waals surface area contributed by atoms with E-state index in [-0.39, 0.29) is 10.0 Å². The van der Waals surface area contributed by atoms with Crippen LogP contribution >= 0.6 is 31.9 Å². The number of hydrogen-bond acceptors (Lipinski definition) is 1. The summed E-state index contributed by atoms with van der Waals surface area (Å²) in [5.41, 5.74) is -0.343. The maximum atomic E-state index is 13.1. The number of benzene rings is 1. The van der Waals surface area contributed by atoms with Gasteiger partial charge in [0.05, 0.1) is 10.0 Å². The molecule has 1 N–H and O–H groups in total. The van der Waals surface area contributed by atoms with E-state index >= 15 is 0 Å². The molecule has 0 atom stereocenters. The van der Waals surface area contributed by atoms with Gasteiger partial charge in [0.15, 0.2) is 5.82 Å². The van der Waals surface area contributed by atoms with Crippen molar-refractivity contribution in [1.82, 2.24) is 0 Å². The molecule has 0 radical (unpaired) electrons. The highest BCUT2D eigenvalue weighted by molar-refractivity contribution is 9.13. The van der Waals surface area contributed by atoms with E-state index in [0.717, 1.165) is 0 Å². The molecule has 12 heavy (non-hydrogen) atoms. The molecule has 0 spiro atoms. The van der Waals surface area contributed by atoms with Gasteiger partial charge in [-0.1, -0.05) is 0 Å². The van der Waals surface area contributed by atoms with Crippen LogP contribution in [0.3, 0.4) is 0 Å². The third kappa shape index (κ3) is 1.67. The molecule has 1 aromatic rings. The van der Waals surface area contributed by atoms with Gasteiger partial charge in [0.2, 0.25) is 0 Å². The van der Waals surface area contributed by atoms with E-state index in [2.05, 4.69) is 31.9 Å². The van der Waals surface area contributed by atoms with Gasteiger partial charge in [0.1, 0.15) is 0 Å². The zero-order valence-electron chi connectivity index (χ0n) is 5.64. The van der Waals surface area contributed by atoms with Crippen molar-refractivity contribution in [1.29, 1.82) is 0 Å². The SMILES string of the molecule is O=C(O)c1ccc(Br)c(Br)c1F. The van der Waals surface area contributed by atoms with Gasteiger partial charge in [0.25, 0.3) is 0 Å². The van der Waals surface area contributed by atoms with Gasteiger partial charge in [-0.2, -0.15) is 0 Å². The monoisotopic (exact) mass is 296 g/mol. The molecule has 0 amide bonds. The summed E-state index contributed by atoms with van der Waals surface area (Å²) < 4.78 is 13.7. The van der Waals surface area contributed by atoms with E-state index in [1.807, 2.05) is 0 Å². The molecular formula is C7H3Br2FO2. The Labute approximate surface area is 84.7 Å². The van der Waals surface area contributed by atoms with Gasteiger partial charge in [-0.05, 0) is 44.0 Å². The molecule has 5 heteroatoms. The Bertz CT molecular complexity index is 338. The molecule has 64 valence electrons. The topological polar surface area (TPSA) is 37.3 Å². The normalized spacial score (nSPS) is 9.92. The Kier molecular flexibility index (Phi) is 2.85. The van der Waals surface area contributed by atoms with Gasteiger partial charge in [-0.25, -0.2) is 9.18 Å². The van der Waals surface area contributed by atoms with Crippen molar-refractivity contribution < 1.29 is 14.3 Å². The first-order chi connectivity index (χ1) is 5.54. The Hall–Kier alpha value is -0.420. The predicted molar refractivity (Wildman–Crippen MR) is 48.8 cm³/mol. The van der Waals surface area contributed by atoms with Gasteiger partial charge >= 0.3 is 5.97 Å². The van der Waals surface area contributed by atoms with Crippen LogP contribution in [-0.2, 0) is 0 Å². The van der Waals surface area contributed by atoms with Crippen LogP contribution < -0.4 is 0 Å². The largest absolute Gasteiger partial charge is 0.478 e. The summed E-state index contributed by atoms with van der Waals surface area (Å²) in [5.74, 6) is -2.04. The first kappa shape index (κ1) is 9.67. The Morgan fingerprint density at radius 2 is 2.00 bits per heavy atom. The minimum atomic E-state index is -1.28. The minimum absolute atomic E-state index is 0.127. The maximum Gasteiger partial charge on any atom is 0.338 e. The van der Waals surface area contributed by atoms with Crippen molar-refractivity contribution in [3.8, 4) is 0 Å². The second-order valence-electron chi connectivity index (χ2n) is 2.03. The molecule has 0 aliphatic carbocycles. The molecule has 0 unspecified atom stereocenters. The summed E-state index contributed by atoms with van der Waals surface area (Å²) in [4.78, 5) is 10.4. The second kappa shape index (κ2) is 3.53. The first-order valence-electron chi connectivity index (χ1n) is 2.91. The number of halogens is 3. The fraction of sp³-hybridized carbons (Fsp3) is 0. The summed E-state index contributed by atoms with van der Waals surface area (Å²) in [6.07, 6.45) is 0. The number of carboxylic acid groups (broad SMARTS) is 1. The molecule has 0 aliphatic heterocycles. The highest BCUT2D eigenvalue weighted by Crippen LogP contribution is 2.27. The third-order valence-electron chi connectivity index (χ3n) is 1.27. The summed E-state index contributed by atoms with van der Waals surface area (Å²) in [6.45, 7) is 0. The van der Waals surface area contributed by atoms with Crippen LogP contribution in [0.2, 0.25) is 0 Å². The summed E-state index contributed by atoms with van der Waals surface area (Å²) in [6, 6.07) is 2.67. The smallest absolute Gasteiger partial charge is 0.338 e. The van der Waals surface area contributed by atoms with Crippen LogP contribution in [0.15, 0.2) is 21.1 Å². The second-order valence-corrected chi connectivity index (χ2v) is 3.68. The maximum absolute atomic E-state index is 13.1. The van der Waals surface area contributed by atoms with E-state index < -0.39 is 11.8 Å². The highest BCUT2D eigenvalue weighted by atomic mass is 79.9. The van der Waals surface area contributed by atoms with Crippen molar-refractivity contribution in [2.75, 3.05) is 0 Å². The average molecular weight is 298 g/mol. The molecular weight excluding hydrogens is 295 g/mol. The number of carbonyl (C=O) groups is 1. The quantitative estimate of drug-likeness (QED) is 0.809. The lowest BCUT2D eigenvalue weighted by atomic mass is 10.2. The molecule has 0 bridgehead atoms. The van der Waals surface area contributed by atoms with Crippen molar-refractivity contribution >= 4 is 37.8 Å². The number of rotatable bonds is 1. The Morgan fingerprint density at radius 1 is 1.42 bits per heavy atom. The van der Waals surface area contributed by atoms with E-state index in [1.54, 1.807) is 0 Å². The predicted octanol–water partition coefficient (Wildman–Crippen LogP) is 3.05. The number of aromatic carboxylic acids is 1. The van der Waals surface area contributed by atoms with E-state index in [0.29, 0.717) is 4.47 Å². The molecule has 0 aromatic heterocycles.